The van der Waals surface area contributed by atoms with Gasteiger partial charge in [-0.3, -0.25) is 4.79 Å². The summed E-state index contributed by atoms with van der Waals surface area (Å²) in [5, 5.41) is 7.43. The summed E-state index contributed by atoms with van der Waals surface area (Å²) in [6.45, 7) is 7.97. The van der Waals surface area contributed by atoms with Gasteiger partial charge in [0.15, 0.2) is 0 Å². The van der Waals surface area contributed by atoms with Crippen LogP contribution in [-0.4, -0.2) is 46.6 Å². The fourth-order valence-electron chi connectivity index (χ4n) is 2.67. The lowest BCUT2D eigenvalue weighted by Crippen LogP contribution is -2.39. The monoisotopic (exact) mass is 296 g/mol. The van der Waals surface area contributed by atoms with E-state index in [9.17, 15) is 4.79 Å². The first kappa shape index (κ1) is 15.4. The van der Waals surface area contributed by atoms with E-state index in [1.807, 2.05) is 11.8 Å². The largest absolute Gasteiger partial charge is 0.338 e. The molecule has 1 aromatic rings. The second-order valence-corrected chi connectivity index (χ2v) is 6.10. The zero-order valence-electron chi connectivity index (χ0n) is 12.4. The molecule has 112 valence electrons. The second kappa shape index (κ2) is 7.69. The van der Waals surface area contributed by atoms with Gasteiger partial charge in [0.05, 0.1) is 5.69 Å². The fourth-order valence-corrected chi connectivity index (χ4v) is 3.39. The molecule has 0 aliphatic carbocycles. The molecule has 20 heavy (non-hydrogen) atoms. The summed E-state index contributed by atoms with van der Waals surface area (Å²) in [5.41, 5.74) is 0.839. The minimum Gasteiger partial charge on any atom is -0.338 e. The van der Waals surface area contributed by atoms with Crippen LogP contribution in [-0.2, 0) is 6.42 Å². The third-order valence-electron chi connectivity index (χ3n) is 3.80. The van der Waals surface area contributed by atoms with Gasteiger partial charge in [0.1, 0.15) is 4.88 Å². The van der Waals surface area contributed by atoms with E-state index in [1.54, 1.807) is 0 Å². The average molecular weight is 296 g/mol. The van der Waals surface area contributed by atoms with Gasteiger partial charge in [0, 0.05) is 13.1 Å². The fraction of sp³-hybridized carbons (Fsp3) is 0.786. The molecule has 1 aromatic heterocycles. The molecule has 1 amide bonds. The zero-order chi connectivity index (χ0) is 14.4. The molecule has 1 saturated heterocycles. The van der Waals surface area contributed by atoms with Crippen molar-refractivity contribution >= 4 is 17.4 Å². The van der Waals surface area contributed by atoms with Crippen molar-refractivity contribution in [3.63, 3.8) is 0 Å². The molecule has 0 spiro atoms. The maximum Gasteiger partial charge on any atom is 0.267 e. The van der Waals surface area contributed by atoms with Crippen molar-refractivity contribution in [2.24, 2.45) is 5.92 Å². The molecule has 1 aliphatic rings. The van der Waals surface area contributed by atoms with Crippen LogP contribution < -0.4 is 5.32 Å². The lowest BCUT2D eigenvalue weighted by Gasteiger charge is -2.29. The molecule has 0 aromatic carbocycles. The molecule has 0 unspecified atom stereocenters. The highest BCUT2D eigenvalue weighted by Gasteiger charge is 2.24. The Balaban J connectivity index is 2.04. The first-order chi connectivity index (χ1) is 9.76. The molecular formula is C14H24N4OS. The van der Waals surface area contributed by atoms with Crippen LogP contribution in [0.25, 0.3) is 0 Å². The highest BCUT2D eigenvalue weighted by Crippen LogP contribution is 2.19. The molecule has 0 bridgehead atoms. The normalized spacial score (nSPS) is 16.3. The minimum atomic E-state index is 0.122. The summed E-state index contributed by atoms with van der Waals surface area (Å²) in [6.07, 6.45) is 4.08. The lowest BCUT2D eigenvalue weighted by atomic mass is 9.97. The van der Waals surface area contributed by atoms with Gasteiger partial charge in [0.25, 0.3) is 5.91 Å². The topological polar surface area (TPSA) is 58.1 Å². The number of rotatable bonds is 6. The van der Waals surface area contributed by atoms with Crippen molar-refractivity contribution in [3.8, 4) is 0 Å². The van der Waals surface area contributed by atoms with Crippen LogP contribution in [0.1, 0.15) is 48.5 Å². The van der Waals surface area contributed by atoms with Gasteiger partial charge in [-0.25, -0.2) is 0 Å². The van der Waals surface area contributed by atoms with Crippen molar-refractivity contribution in [2.75, 3.05) is 26.2 Å². The Labute approximate surface area is 124 Å². The SMILES string of the molecule is CCCN(CC1CCNCC1)C(=O)c1snnc1CC. The summed E-state index contributed by atoms with van der Waals surface area (Å²) in [5.74, 6) is 0.745. The van der Waals surface area contributed by atoms with Gasteiger partial charge in [0.2, 0.25) is 0 Å². The van der Waals surface area contributed by atoms with Crippen LogP contribution >= 0.6 is 11.5 Å². The van der Waals surface area contributed by atoms with E-state index in [1.165, 1.54) is 11.5 Å². The Morgan fingerprint density at radius 3 is 2.80 bits per heavy atom. The molecule has 5 nitrogen and oxygen atoms in total. The minimum absolute atomic E-state index is 0.122. The van der Waals surface area contributed by atoms with Crippen LogP contribution in [0, 0.1) is 5.92 Å². The van der Waals surface area contributed by atoms with Crippen LogP contribution in [0.15, 0.2) is 0 Å². The van der Waals surface area contributed by atoms with Gasteiger partial charge in [-0.1, -0.05) is 18.3 Å². The number of carbonyl (C=O) groups excluding carboxylic acids is 1. The average Bonchev–Trinajstić information content (AvgIpc) is 2.95. The first-order valence-corrected chi connectivity index (χ1v) is 8.34. The second-order valence-electron chi connectivity index (χ2n) is 5.35. The van der Waals surface area contributed by atoms with E-state index in [4.69, 9.17) is 0 Å². The Morgan fingerprint density at radius 1 is 1.40 bits per heavy atom. The summed E-state index contributed by atoms with van der Waals surface area (Å²) in [7, 11) is 0. The number of piperidine rings is 1. The van der Waals surface area contributed by atoms with Crippen LogP contribution in [0.5, 0.6) is 0 Å². The molecule has 0 radical (unpaired) electrons. The number of nitrogens with one attached hydrogen (secondary N) is 1. The van der Waals surface area contributed by atoms with E-state index in [0.717, 1.165) is 62.4 Å². The molecule has 1 N–H and O–H groups in total. The lowest BCUT2D eigenvalue weighted by molar-refractivity contribution is 0.0720. The van der Waals surface area contributed by atoms with Crippen molar-refractivity contribution in [1.29, 1.82) is 0 Å². The number of nitrogens with zero attached hydrogens (tertiary/aromatic N) is 3. The van der Waals surface area contributed by atoms with Gasteiger partial charge >= 0.3 is 0 Å². The first-order valence-electron chi connectivity index (χ1n) is 7.57. The molecule has 6 heteroatoms. The molecule has 0 saturated carbocycles. The van der Waals surface area contributed by atoms with E-state index in [0.29, 0.717) is 5.92 Å². The van der Waals surface area contributed by atoms with Crippen molar-refractivity contribution in [3.05, 3.63) is 10.6 Å². The molecule has 1 aliphatic heterocycles. The Morgan fingerprint density at radius 2 is 2.15 bits per heavy atom. The van der Waals surface area contributed by atoms with Crippen molar-refractivity contribution in [1.82, 2.24) is 19.8 Å². The summed E-state index contributed by atoms with van der Waals surface area (Å²) in [6, 6.07) is 0. The Hall–Kier alpha value is -1.01. The smallest absolute Gasteiger partial charge is 0.267 e. The van der Waals surface area contributed by atoms with E-state index in [-0.39, 0.29) is 5.91 Å². The molecule has 2 rings (SSSR count). The molecule has 0 atom stereocenters. The summed E-state index contributed by atoms with van der Waals surface area (Å²) >= 11 is 1.23. The number of aryl methyl sites for hydroxylation is 1. The number of hydrogen-bond donors (Lipinski definition) is 1. The number of carbonyl (C=O) groups is 1. The highest BCUT2D eigenvalue weighted by atomic mass is 32.1. The van der Waals surface area contributed by atoms with E-state index in [2.05, 4.69) is 21.8 Å². The van der Waals surface area contributed by atoms with E-state index < -0.39 is 0 Å². The van der Waals surface area contributed by atoms with Gasteiger partial charge < -0.3 is 10.2 Å². The predicted octanol–water partition coefficient (Wildman–Crippen LogP) is 1.95. The summed E-state index contributed by atoms with van der Waals surface area (Å²) in [4.78, 5) is 15.4. The quantitative estimate of drug-likeness (QED) is 0.872. The van der Waals surface area contributed by atoms with Crippen LogP contribution in [0.2, 0.25) is 0 Å². The van der Waals surface area contributed by atoms with Crippen molar-refractivity contribution < 1.29 is 4.79 Å². The Bertz CT molecular complexity index is 429. The number of aromatic nitrogens is 2. The molecule has 2 heterocycles. The summed E-state index contributed by atoms with van der Waals surface area (Å²) < 4.78 is 3.94. The maximum atomic E-state index is 12.7. The standard InChI is InChI=1S/C14H24N4OS/c1-3-9-18(10-11-5-7-15-8-6-11)14(19)13-12(4-2)16-17-20-13/h11,15H,3-10H2,1-2H3. The van der Waals surface area contributed by atoms with Gasteiger partial charge in [-0.05, 0) is 56.2 Å². The number of amides is 1. The van der Waals surface area contributed by atoms with E-state index >= 15 is 0 Å². The Kier molecular flexibility index (Phi) is 5.91. The van der Waals surface area contributed by atoms with Gasteiger partial charge in [-0.2, -0.15) is 0 Å². The third kappa shape index (κ3) is 3.76. The predicted molar refractivity (Wildman–Crippen MR) is 81.1 cm³/mol. The highest BCUT2D eigenvalue weighted by molar-refractivity contribution is 7.08. The van der Waals surface area contributed by atoms with Gasteiger partial charge in [-0.15, -0.1) is 5.10 Å². The molecule has 1 fully saturated rings. The third-order valence-corrected chi connectivity index (χ3v) is 4.56. The van der Waals surface area contributed by atoms with Crippen LogP contribution in [0.4, 0.5) is 0 Å². The number of hydrogen-bond acceptors (Lipinski definition) is 5. The maximum absolute atomic E-state index is 12.7. The zero-order valence-corrected chi connectivity index (χ0v) is 13.2. The van der Waals surface area contributed by atoms with Crippen molar-refractivity contribution in [2.45, 2.75) is 39.5 Å². The van der Waals surface area contributed by atoms with Crippen LogP contribution in [0.3, 0.4) is 0 Å². The molecular weight excluding hydrogens is 272 g/mol.